The van der Waals surface area contributed by atoms with E-state index in [0.717, 1.165) is 11.3 Å². The third-order valence-corrected chi connectivity index (χ3v) is 4.14. The van der Waals surface area contributed by atoms with E-state index in [1.807, 2.05) is 43.3 Å². The van der Waals surface area contributed by atoms with Crippen LogP contribution in [0.2, 0.25) is 0 Å². The van der Waals surface area contributed by atoms with Gasteiger partial charge in [0.2, 0.25) is 5.71 Å². The van der Waals surface area contributed by atoms with E-state index in [1.54, 1.807) is 18.6 Å². The summed E-state index contributed by atoms with van der Waals surface area (Å²) < 4.78 is 17.2. The van der Waals surface area contributed by atoms with Gasteiger partial charge >= 0.3 is 0 Å². The molecular weight excluding hydrogens is 344 g/mol. The Kier molecular flexibility index (Phi) is 3.50. The molecule has 0 unspecified atom stereocenters. The number of aromatic nitrogens is 3. The highest BCUT2D eigenvalue weighted by molar-refractivity contribution is 6.04. The Bertz CT molecular complexity index is 1210. The summed E-state index contributed by atoms with van der Waals surface area (Å²) in [6, 6.07) is 13.0. The van der Waals surface area contributed by atoms with Gasteiger partial charge in [-0.15, -0.1) is 0 Å². The van der Waals surface area contributed by atoms with Gasteiger partial charge in [-0.1, -0.05) is 6.07 Å². The molecule has 5 aromatic heterocycles. The second-order valence-corrected chi connectivity index (χ2v) is 5.95. The number of furan rings is 3. The fourth-order valence-electron chi connectivity index (χ4n) is 3.00. The number of hydrogen-bond acceptors (Lipinski definition) is 7. The van der Waals surface area contributed by atoms with E-state index in [2.05, 4.69) is 20.3 Å². The van der Waals surface area contributed by atoms with E-state index in [1.165, 1.54) is 6.33 Å². The first-order chi connectivity index (χ1) is 13.3. The fourth-order valence-corrected chi connectivity index (χ4v) is 3.00. The number of hydrogen-bond donors (Lipinski definition) is 1. The first-order valence-corrected chi connectivity index (χ1v) is 8.35. The molecule has 7 heteroatoms. The highest BCUT2D eigenvalue weighted by Gasteiger charge is 2.25. The lowest BCUT2D eigenvalue weighted by atomic mass is 10.1. The van der Waals surface area contributed by atoms with Gasteiger partial charge in [0.15, 0.2) is 11.5 Å². The lowest BCUT2D eigenvalue weighted by Gasteiger charge is -2.07. The number of rotatable bonds is 4. The van der Waals surface area contributed by atoms with E-state index in [4.69, 9.17) is 13.3 Å². The van der Waals surface area contributed by atoms with Gasteiger partial charge < -0.3 is 18.6 Å². The van der Waals surface area contributed by atoms with Crippen molar-refractivity contribution in [1.29, 1.82) is 0 Å². The first-order valence-electron chi connectivity index (χ1n) is 8.35. The van der Waals surface area contributed by atoms with Crippen LogP contribution in [0.3, 0.4) is 0 Å². The van der Waals surface area contributed by atoms with Crippen molar-refractivity contribution < 1.29 is 13.3 Å². The zero-order valence-corrected chi connectivity index (χ0v) is 14.3. The Hall–Kier alpha value is -3.87. The second kappa shape index (κ2) is 6.14. The summed E-state index contributed by atoms with van der Waals surface area (Å²) in [6.07, 6.45) is 4.65. The molecule has 5 aromatic rings. The Morgan fingerprint density at radius 2 is 1.70 bits per heavy atom. The van der Waals surface area contributed by atoms with Crippen molar-refractivity contribution in [3.05, 3.63) is 67.0 Å². The summed E-state index contributed by atoms with van der Waals surface area (Å²) in [5.41, 5.74) is 2.05. The molecule has 1 N–H and O–H groups in total. The average Bonchev–Trinajstić information content (AvgIpc) is 3.41. The molecule has 5 rings (SSSR count). The van der Waals surface area contributed by atoms with Gasteiger partial charge in [-0.25, -0.2) is 15.0 Å². The molecule has 0 aliphatic rings. The Labute approximate surface area is 153 Å². The van der Waals surface area contributed by atoms with Crippen molar-refractivity contribution in [3.63, 3.8) is 0 Å². The second-order valence-electron chi connectivity index (χ2n) is 5.95. The Balaban J connectivity index is 1.76. The summed E-state index contributed by atoms with van der Waals surface area (Å²) >= 11 is 0. The normalized spacial score (nSPS) is 11.1. The molecule has 5 heterocycles. The monoisotopic (exact) mass is 358 g/mol. The summed E-state index contributed by atoms with van der Waals surface area (Å²) in [7, 11) is 0. The third-order valence-electron chi connectivity index (χ3n) is 4.14. The van der Waals surface area contributed by atoms with Crippen LogP contribution < -0.4 is 5.32 Å². The molecule has 27 heavy (non-hydrogen) atoms. The predicted molar refractivity (Wildman–Crippen MR) is 99.5 cm³/mol. The van der Waals surface area contributed by atoms with Crippen LogP contribution in [0.15, 0.2) is 74.6 Å². The van der Waals surface area contributed by atoms with Crippen molar-refractivity contribution >= 4 is 22.7 Å². The molecule has 0 aliphatic heterocycles. The molecule has 0 saturated carbocycles. The molecule has 0 saturated heterocycles. The molecular formula is C20H14N4O3. The van der Waals surface area contributed by atoms with Crippen LogP contribution in [0.25, 0.3) is 33.9 Å². The number of anilines is 2. The van der Waals surface area contributed by atoms with E-state index in [9.17, 15) is 0 Å². The van der Waals surface area contributed by atoms with Crippen LogP contribution in [0, 0.1) is 6.92 Å². The largest absolute Gasteiger partial charge is 0.464 e. The predicted octanol–water partition coefficient (Wildman–Crippen LogP) is 5.19. The van der Waals surface area contributed by atoms with Crippen LogP contribution in [-0.2, 0) is 0 Å². The maximum Gasteiger partial charge on any atom is 0.232 e. The van der Waals surface area contributed by atoms with Crippen molar-refractivity contribution in [2.45, 2.75) is 6.92 Å². The maximum atomic E-state index is 6.00. The molecule has 7 nitrogen and oxygen atoms in total. The summed E-state index contributed by atoms with van der Waals surface area (Å²) in [6.45, 7) is 1.93. The highest BCUT2D eigenvalue weighted by atomic mass is 16.4. The third kappa shape index (κ3) is 2.65. The zero-order chi connectivity index (χ0) is 18.2. The molecule has 0 atom stereocenters. The maximum absolute atomic E-state index is 6.00. The number of fused-ring (bicyclic) bond motifs is 1. The number of nitrogens with zero attached hydrogens (tertiary/aromatic N) is 3. The Morgan fingerprint density at radius 3 is 2.44 bits per heavy atom. The molecule has 132 valence electrons. The topological polar surface area (TPSA) is 90.1 Å². The molecule has 0 spiro atoms. The van der Waals surface area contributed by atoms with Gasteiger partial charge in [0.05, 0.1) is 23.5 Å². The summed E-state index contributed by atoms with van der Waals surface area (Å²) in [5.74, 6) is 3.01. The minimum absolute atomic E-state index is 0.429. The van der Waals surface area contributed by atoms with Gasteiger partial charge in [-0.3, -0.25) is 0 Å². The van der Waals surface area contributed by atoms with Gasteiger partial charge in [-0.05, 0) is 43.3 Å². The standard InChI is InChI=1S/C20H14N4O3/c1-12-5-2-8-15(23-12)24-19-17-16(13-6-3-9-25-13)18(14-7-4-10-26-14)27-20(17)22-11-21-19/h2-11H,1H3,(H,21,22,23,24). The van der Waals surface area contributed by atoms with Crippen LogP contribution in [0.1, 0.15) is 5.69 Å². The van der Waals surface area contributed by atoms with Crippen molar-refractivity contribution in [1.82, 2.24) is 15.0 Å². The number of nitrogens with one attached hydrogen (secondary N) is 1. The number of pyridine rings is 1. The molecule has 0 aliphatic carbocycles. The Morgan fingerprint density at radius 1 is 0.889 bits per heavy atom. The molecule has 0 radical (unpaired) electrons. The molecule has 0 aromatic carbocycles. The summed E-state index contributed by atoms with van der Waals surface area (Å²) in [5, 5.41) is 3.95. The summed E-state index contributed by atoms with van der Waals surface area (Å²) in [4.78, 5) is 13.2. The van der Waals surface area contributed by atoms with Gasteiger partial charge in [0.25, 0.3) is 0 Å². The highest BCUT2D eigenvalue weighted by Crippen LogP contribution is 2.43. The lowest BCUT2D eigenvalue weighted by molar-refractivity contribution is 0.536. The van der Waals surface area contributed by atoms with E-state index >= 15 is 0 Å². The SMILES string of the molecule is Cc1cccc(Nc2ncnc3oc(-c4ccco4)c(-c4ccco4)c23)n1. The van der Waals surface area contributed by atoms with E-state index in [-0.39, 0.29) is 0 Å². The van der Waals surface area contributed by atoms with Gasteiger partial charge in [0, 0.05) is 5.69 Å². The molecule has 0 bridgehead atoms. The lowest BCUT2D eigenvalue weighted by Crippen LogP contribution is -1.98. The van der Waals surface area contributed by atoms with Crippen LogP contribution in [0.5, 0.6) is 0 Å². The van der Waals surface area contributed by atoms with Crippen molar-refractivity contribution in [3.8, 4) is 22.8 Å². The van der Waals surface area contributed by atoms with Crippen LogP contribution in [0.4, 0.5) is 11.6 Å². The molecule has 0 amide bonds. The fraction of sp³-hybridized carbons (Fsp3) is 0.0500. The average molecular weight is 358 g/mol. The van der Waals surface area contributed by atoms with Gasteiger partial charge in [0.1, 0.15) is 23.7 Å². The van der Waals surface area contributed by atoms with Crippen LogP contribution in [-0.4, -0.2) is 15.0 Å². The number of aryl methyl sites for hydroxylation is 1. The van der Waals surface area contributed by atoms with Crippen LogP contribution >= 0.6 is 0 Å². The smallest absolute Gasteiger partial charge is 0.232 e. The van der Waals surface area contributed by atoms with E-state index in [0.29, 0.717) is 40.0 Å². The van der Waals surface area contributed by atoms with Crippen molar-refractivity contribution in [2.24, 2.45) is 0 Å². The molecule has 0 fully saturated rings. The van der Waals surface area contributed by atoms with Gasteiger partial charge in [-0.2, -0.15) is 0 Å². The minimum atomic E-state index is 0.429. The minimum Gasteiger partial charge on any atom is -0.464 e. The van der Waals surface area contributed by atoms with E-state index < -0.39 is 0 Å². The zero-order valence-electron chi connectivity index (χ0n) is 14.3. The van der Waals surface area contributed by atoms with Crippen molar-refractivity contribution in [2.75, 3.05) is 5.32 Å². The first kappa shape index (κ1) is 15.4. The quantitative estimate of drug-likeness (QED) is 0.473.